The number of carbonyl (C=O) groups is 3. The van der Waals surface area contributed by atoms with Gasteiger partial charge in [0, 0.05) is 5.56 Å². The third-order valence-electron chi connectivity index (χ3n) is 4.10. The zero-order valence-corrected chi connectivity index (χ0v) is 17.3. The van der Waals surface area contributed by atoms with Gasteiger partial charge in [-0.15, -0.1) is 10.2 Å². The number of nitrogens with zero attached hydrogens (tertiary/aromatic N) is 3. The Labute approximate surface area is 188 Å². The summed E-state index contributed by atoms with van der Waals surface area (Å²) in [6.45, 7) is -1.02. The maximum absolute atomic E-state index is 12.1. The molecule has 168 valence electrons. The smallest absolute Gasteiger partial charge is 0.337 e. The fourth-order valence-corrected chi connectivity index (χ4v) is 2.55. The van der Waals surface area contributed by atoms with Crippen LogP contribution < -0.4 is 21.1 Å². The number of hydrogen-bond acceptors (Lipinski definition) is 9. The number of anilines is 2. The van der Waals surface area contributed by atoms with E-state index in [9.17, 15) is 14.4 Å². The highest BCUT2D eigenvalue weighted by Crippen LogP contribution is 2.30. The second-order valence-corrected chi connectivity index (χ2v) is 6.50. The molecule has 3 rings (SSSR count). The Hall–Kier alpha value is -4.64. The number of para-hydroxylation sites is 1. The highest BCUT2D eigenvalue weighted by Gasteiger charge is 2.11. The molecular formula is C22H20N6O5. The van der Waals surface area contributed by atoms with Crippen LogP contribution >= 0.6 is 0 Å². The molecule has 0 saturated heterocycles. The predicted molar refractivity (Wildman–Crippen MR) is 119 cm³/mol. The molecule has 0 aliphatic carbocycles. The zero-order valence-electron chi connectivity index (χ0n) is 17.3. The van der Waals surface area contributed by atoms with Gasteiger partial charge in [0.25, 0.3) is 5.91 Å². The van der Waals surface area contributed by atoms with Gasteiger partial charge >= 0.3 is 5.97 Å². The van der Waals surface area contributed by atoms with Crippen LogP contribution in [0.4, 0.5) is 23.0 Å². The number of amides is 2. The molecule has 0 bridgehead atoms. The maximum atomic E-state index is 12.1. The van der Waals surface area contributed by atoms with Crippen molar-refractivity contribution in [2.24, 2.45) is 10.2 Å². The van der Waals surface area contributed by atoms with Gasteiger partial charge in [-0.3, -0.25) is 9.59 Å². The maximum Gasteiger partial charge on any atom is 0.337 e. The van der Waals surface area contributed by atoms with Gasteiger partial charge in [0.15, 0.2) is 11.6 Å². The molecule has 2 amide bonds. The highest BCUT2D eigenvalue weighted by molar-refractivity contribution is 5.99. The zero-order chi connectivity index (χ0) is 23.6. The number of benzene rings is 2. The van der Waals surface area contributed by atoms with Gasteiger partial charge < -0.3 is 26.2 Å². The number of carbonyl (C=O) groups excluding carboxylic acids is 3. The van der Waals surface area contributed by atoms with Crippen LogP contribution in [0, 0.1) is 0 Å². The molecule has 0 saturated carbocycles. The Morgan fingerprint density at radius 2 is 1.64 bits per heavy atom. The summed E-state index contributed by atoms with van der Waals surface area (Å²) >= 11 is 0. The number of pyridine rings is 1. The lowest BCUT2D eigenvalue weighted by atomic mass is 10.2. The normalized spacial score (nSPS) is 10.6. The number of rotatable bonds is 8. The molecule has 3 aromatic rings. The van der Waals surface area contributed by atoms with Crippen LogP contribution in [0.3, 0.4) is 0 Å². The number of aromatic nitrogens is 1. The van der Waals surface area contributed by atoms with E-state index in [1.807, 2.05) is 0 Å². The van der Waals surface area contributed by atoms with Crippen molar-refractivity contribution in [3.05, 3.63) is 72.3 Å². The first kappa shape index (κ1) is 23.0. The van der Waals surface area contributed by atoms with Crippen LogP contribution in [-0.4, -0.2) is 41.0 Å². The van der Waals surface area contributed by atoms with E-state index in [4.69, 9.17) is 15.6 Å². The molecule has 0 atom stereocenters. The van der Waals surface area contributed by atoms with E-state index in [2.05, 4.69) is 25.8 Å². The first-order valence-corrected chi connectivity index (χ1v) is 9.68. The molecule has 0 radical (unpaired) electrons. The highest BCUT2D eigenvalue weighted by atomic mass is 16.5. The molecule has 11 nitrogen and oxygen atoms in total. The molecule has 33 heavy (non-hydrogen) atoms. The number of nitrogens with two attached hydrogens (primary N) is 1. The standard InChI is InChI=1S/C22H20N6O5/c23-21-16(28-27-15-8-4-5-9-17(15)33-20(31)13-29)10-11-18(26-21)25-19(30)12-24-22(32)14-6-2-1-3-7-14/h1-11,29H,12-13H2,(H,24,32)(H3,23,25,26,30). The summed E-state index contributed by atoms with van der Waals surface area (Å²) in [5.74, 6) is -1.41. The monoisotopic (exact) mass is 448 g/mol. The van der Waals surface area contributed by atoms with Crippen LogP contribution in [0.5, 0.6) is 5.75 Å². The van der Waals surface area contributed by atoms with E-state index in [-0.39, 0.29) is 41.2 Å². The van der Waals surface area contributed by atoms with Gasteiger partial charge in [-0.1, -0.05) is 30.3 Å². The number of nitrogen functional groups attached to an aromatic ring is 1. The molecule has 5 N–H and O–H groups in total. The fourth-order valence-electron chi connectivity index (χ4n) is 2.55. The number of aliphatic hydroxyl groups is 1. The molecule has 2 aromatic carbocycles. The van der Waals surface area contributed by atoms with Crippen LogP contribution in [0.2, 0.25) is 0 Å². The number of nitrogens with one attached hydrogen (secondary N) is 2. The molecule has 0 aliphatic rings. The summed E-state index contributed by atoms with van der Waals surface area (Å²) in [7, 11) is 0. The van der Waals surface area contributed by atoms with Gasteiger partial charge in [0.1, 0.15) is 23.8 Å². The third kappa shape index (κ3) is 6.67. The molecule has 0 unspecified atom stereocenters. The van der Waals surface area contributed by atoms with Gasteiger partial charge in [0.05, 0.1) is 6.54 Å². The SMILES string of the molecule is Nc1nc(NC(=O)CNC(=O)c2ccccc2)ccc1N=Nc1ccccc1OC(=O)CO. The van der Waals surface area contributed by atoms with Gasteiger partial charge in [-0.05, 0) is 36.4 Å². The Balaban J connectivity index is 1.60. The van der Waals surface area contributed by atoms with Gasteiger partial charge in [-0.2, -0.15) is 0 Å². The van der Waals surface area contributed by atoms with E-state index >= 15 is 0 Å². The van der Waals surface area contributed by atoms with E-state index in [0.717, 1.165) is 0 Å². The second kappa shape index (κ2) is 11.1. The van der Waals surface area contributed by atoms with Crippen molar-refractivity contribution in [1.29, 1.82) is 0 Å². The van der Waals surface area contributed by atoms with Crippen LogP contribution in [0.25, 0.3) is 0 Å². The lowest BCUT2D eigenvalue weighted by Gasteiger charge is -2.08. The van der Waals surface area contributed by atoms with Gasteiger partial charge in [0.2, 0.25) is 5.91 Å². The van der Waals surface area contributed by atoms with Crippen LogP contribution in [0.1, 0.15) is 10.4 Å². The number of aliphatic hydroxyl groups excluding tert-OH is 1. The predicted octanol–water partition coefficient (Wildman–Crippen LogP) is 2.35. The molecular weight excluding hydrogens is 428 g/mol. The van der Waals surface area contributed by atoms with E-state index in [0.29, 0.717) is 5.56 Å². The average Bonchev–Trinajstić information content (AvgIpc) is 2.83. The van der Waals surface area contributed by atoms with E-state index in [1.165, 1.54) is 18.2 Å². The van der Waals surface area contributed by atoms with E-state index in [1.54, 1.807) is 48.5 Å². The molecule has 0 spiro atoms. The number of azo groups is 1. The fraction of sp³-hybridized carbons (Fsp3) is 0.0909. The summed E-state index contributed by atoms with van der Waals surface area (Å²) in [6, 6.07) is 17.8. The van der Waals surface area contributed by atoms with Crippen molar-refractivity contribution in [1.82, 2.24) is 10.3 Å². The largest absolute Gasteiger partial charge is 0.422 e. The number of ether oxygens (including phenoxy) is 1. The third-order valence-corrected chi connectivity index (χ3v) is 4.10. The first-order valence-electron chi connectivity index (χ1n) is 9.68. The molecule has 11 heteroatoms. The van der Waals surface area contributed by atoms with Crippen molar-refractivity contribution < 1.29 is 24.2 Å². The molecule has 0 fully saturated rings. The van der Waals surface area contributed by atoms with Crippen molar-refractivity contribution in [2.45, 2.75) is 0 Å². The number of esters is 1. The second-order valence-electron chi connectivity index (χ2n) is 6.50. The Morgan fingerprint density at radius 3 is 2.36 bits per heavy atom. The van der Waals surface area contributed by atoms with Crippen LogP contribution in [-0.2, 0) is 9.59 Å². The van der Waals surface area contributed by atoms with Crippen molar-refractivity contribution in [3.63, 3.8) is 0 Å². The summed E-state index contributed by atoms with van der Waals surface area (Å²) in [5, 5.41) is 21.9. The van der Waals surface area contributed by atoms with Crippen molar-refractivity contribution in [3.8, 4) is 5.75 Å². The minimum atomic E-state index is -0.834. The summed E-state index contributed by atoms with van der Waals surface area (Å²) in [4.78, 5) is 39.5. The minimum absolute atomic E-state index is 0.00490. The quantitative estimate of drug-likeness (QED) is 0.233. The van der Waals surface area contributed by atoms with Crippen molar-refractivity contribution in [2.75, 3.05) is 24.2 Å². The topological polar surface area (TPSA) is 168 Å². The van der Waals surface area contributed by atoms with Crippen molar-refractivity contribution >= 4 is 40.8 Å². The van der Waals surface area contributed by atoms with Crippen LogP contribution in [0.15, 0.2) is 77.0 Å². The minimum Gasteiger partial charge on any atom is -0.422 e. The Kier molecular flexibility index (Phi) is 7.76. The molecule has 1 heterocycles. The van der Waals surface area contributed by atoms with Gasteiger partial charge in [-0.25, -0.2) is 9.78 Å². The number of hydrogen-bond donors (Lipinski definition) is 4. The van der Waals surface area contributed by atoms with E-state index < -0.39 is 18.5 Å². The average molecular weight is 448 g/mol. The Morgan fingerprint density at radius 1 is 0.939 bits per heavy atom. The summed E-state index contributed by atoms with van der Waals surface area (Å²) in [5.41, 5.74) is 6.79. The Bertz CT molecular complexity index is 1180. The molecule has 0 aliphatic heterocycles. The molecule has 1 aromatic heterocycles. The lowest BCUT2D eigenvalue weighted by molar-refractivity contribution is -0.137. The lowest BCUT2D eigenvalue weighted by Crippen LogP contribution is -2.33. The first-order chi connectivity index (χ1) is 16.0. The summed E-state index contributed by atoms with van der Waals surface area (Å²) < 4.78 is 4.98. The summed E-state index contributed by atoms with van der Waals surface area (Å²) in [6.07, 6.45) is 0.